The molecule has 0 saturated carbocycles. The summed E-state index contributed by atoms with van der Waals surface area (Å²) in [5, 5.41) is 0. The van der Waals surface area contributed by atoms with E-state index in [-0.39, 0.29) is 0 Å². The first kappa shape index (κ1) is 11.9. The normalized spacial score (nSPS) is 11.1. The minimum absolute atomic E-state index is 0.960. The van der Waals surface area contributed by atoms with Crippen molar-refractivity contribution >= 4 is 37.5 Å². The van der Waals surface area contributed by atoms with Gasteiger partial charge in [-0.05, 0) is 40.5 Å². The van der Waals surface area contributed by atoms with Crippen LogP contribution in [-0.4, -0.2) is 9.38 Å². The van der Waals surface area contributed by atoms with Gasteiger partial charge < -0.3 is 4.40 Å². The maximum absolute atomic E-state index is 4.66. The first-order chi connectivity index (χ1) is 8.65. The molecule has 0 atom stereocenters. The molecule has 18 heavy (non-hydrogen) atoms. The third kappa shape index (κ3) is 1.99. The van der Waals surface area contributed by atoms with Crippen LogP contribution < -0.4 is 0 Å². The summed E-state index contributed by atoms with van der Waals surface area (Å²) in [5.41, 5.74) is 4.23. The molecular formula is C14H10Br2N2. The van der Waals surface area contributed by atoms with Crippen LogP contribution in [0, 0.1) is 6.92 Å². The van der Waals surface area contributed by atoms with Gasteiger partial charge in [-0.3, -0.25) is 0 Å². The van der Waals surface area contributed by atoms with Crippen molar-refractivity contribution in [2.75, 3.05) is 0 Å². The Labute approximate surface area is 122 Å². The highest BCUT2D eigenvalue weighted by molar-refractivity contribution is 9.10. The molecule has 4 heteroatoms. The van der Waals surface area contributed by atoms with Crippen molar-refractivity contribution in [2.45, 2.75) is 6.92 Å². The van der Waals surface area contributed by atoms with Gasteiger partial charge in [0.2, 0.25) is 0 Å². The molecule has 2 aromatic heterocycles. The maximum atomic E-state index is 4.66. The zero-order valence-electron chi connectivity index (χ0n) is 9.69. The van der Waals surface area contributed by atoms with Crippen molar-refractivity contribution in [1.29, 1.82) is 0 Å². The van der Waals surface area contributed by atoms with Crippen LogP contribution in [0.3, 0.4) is 0 Å². The Morgan fingerprint density at radius 1 is 1.06 bits per heavy atom. The number of fused-ring (bicyclic) bond motifs is 1. The zero-order chi connectivity index (χ0) is 12.7. The second-order valence-corrected chi connectivity index (χ2v) is 5.88. The SMILES string of the molecule is Cc1cc2nc(-c3ccccc3Br)cn2cc1Br. The fourth-order valence-electron chi connectivity index (χ4n) is 1.90. The first-order valence-electron chi connectivity index (χ1n) is 5.55. The van der Waals surface area contributed by atoms with Gasteiger partial charge in [-0.25, -0.2) is 4.98 Å². The Kier molecular flexibility index (Phi) is 2.99. The summed E-state index contributed by atoms with van der Waals surface area (Å²) in [5.74, 6) is 0. The van der Waals surface area contributed by atoms with Crippen LogP contribution >= 0.6 is 31.9 Å². The fourth-order valence-corrected chi connectivity index (χ4v) is 2.73. The van der Waals surface area contributed by atoms with E-state index in [4.69, 9.17) is 0 Å². The maximum Gasteiger partial charge on any atom is 0.137 e. The Morgan fingerprint density at radius 3 is 2.61 bits per heavy atom. The first-order valence-corrected chi connectivity index (χ1v) is 7.13. The Balaban J connectivity index is 2.23. The predicted molar refractivity (Wildman–Crippen MR) is 80.8 cm³/mol. The van der Waals surface area contributed by atoms with Crippen LogP contribution in [0.5, 0.6) is 0 Å². The van der Waals surface area contributed by atoms with Crippen LogP contribution in [0.25, 0.3) is 16.9 Å². The number of imidazole rings is 1. The molecule has 0 fully saturated rings. The van der Waals surface area contributed by atoms with Gasteiger partial charge in [-0.1, -0.05) is 34.1 Å². The van der Waals surface area contributed by atoms with E-state index in [0.29, 0.717) is 0 Å². The summed E-state index contributed by atoms with van der Waals surface area (Å²) in [6, 6.07) is 10.2. The Morgan fingerprint density at radius 2 is 1.83 bits per heavy atom. The molecule has 0 aliphatic heterocycles. The third-order valence-corrected chi connectivity index (χ3v) is 4.41. The van der Waals surface area contributed by atoms with E-state index in [9.17, 15) is 0 Å². The molecule has 2 nitrogen and oxygen atoms in total. The highest BCUT2D eigenvalue weighted by Crippen LogP contribution is 2.28. The minimum atomic E-state index is 0.960. The topological polar surface area (TPSA) is 17.3 Å². The molecule has 3 aromatic rings. The van der Waals surface area contributed by atoms with Crippen molar-refractivity contribution in [2.24, 2.45) is 0 Å². The molecule has 0 saturated heterocycles. The standard InChI is InChI=1S/C14H10Br2N2/c1-9-6-14-17-13(8-18(14)7-12(9)16)10-4-2-3-5-11(10)15/h2-8H,1H3. The summed E-state index contributed by atoms with van der Waals surface area (Å²) in [6.07, 6.45) is 4.08. The van der Waals surface area contributed by atoms with Crippen molar-refractivity contribution < 1.29 is 0 Å². The second-order valence-electron chi connectivity index (χ2n) is 4.18. The van der Waals surface area contributed by atoms with E-state index in [0.717, 1.165) is 25.8 Å². The monoisotopic (exact) mass is 364 g/mol. The molecule has 0 N–H and O–H groups in total. The number of rotatable bonds is 1. The average molecular weight is 366 g/mol. The molecule has 0 unspecified atom stereocenters. The molecule has 0 aliphatic rings. The summed E-state index contributed by atoms with van der Waals surface area (Å²) in [7, 11) is 0. The molecule has 0 bridgehead atoms. The zero-order valence-corrected chi connectivity index (χ0v) is 12.9. The number of hydrogen-bond acceptors (Lipinski definition) is 1. The lowest BCUT2D eigenvalue weighted by Crippen LogP contribution is -1.85. The van der Waals surface area contributed by atoms with Crippen LogP contribution in [0.2, 0.25) is 0 Å². The lowest BCUT2D eigenvalue weighted by Gasteiger charge is -1.98. The minimum Gasteiger partial charge on any atom is -0.305 e. The van der Waals surface area contributed by atoms with Gasteiger partial charge in [-0.2, -0.15) is 0 Å². The van der Waals surface area contributed by atoms with E-state index < -0.39 is 0 Å². The van der Waals surface area contributed by atoms with Crippen LogP contribution in [0.1, 0.15) is 5.56 Å². The molecule has 2 heterocycles. The Bertz CT molecular complexity index is 693. The van der Waals surface area contributed by atoms with Gasteiger partial charge in [-0.15, -0.1) is 0 Å². The average Bonchev–Trinajstić information content (AvgIpc) is 2.73. The highest BCUT2D eigenvalue weighted by Gasteiger charge is 2.08. The molecule has 0 spiro atoms. The van der Waals surface area contributed by atoms with Gasteiger partial charge >= 0.3 is 0 Å². The van der Waals surface area contributed by atoms with Gasteiger partial charge in [0.05, 0.1) is 5.69 Å². The van der Waals surface area contributed by atoms with Gasteiger partial charge in [0, 0.05) is 26.9 Å². The molecule has 0 amide bonds. The van der Waals surface area contributed by atoms with Gasteiger partial charge in [0.15, 0.2) is 0 Å². The summed E-state index contributed by atoms with van der Waals surface area (Å²) < 4.78 is 4.18. The smallest absolute Gasteiger partial charge is 0.137 e. The van der Waals surface area contributed by atoms with E-state index in [1.54, 1.807) is 0 Å². The quantitative estimate of drug-likeness (QED) is 0.603. The van der Waals surface area contributed by atoms with Crippen LogP contribution in [0.15, 0.2) is 51.7 Å². The molecule has 1 aromatic carbocycles. The van der Waals surface area contributed by atoms with Crippen LogP contribution in [-0.2, 0) is 0 Å². The second kappa shape index (κ2) is 4.52. The highest BCUT2D eigenvalue weighted by atomic mass is 79.9. The number of aromatic nitrogens is 2. The van der Waals surface area contributed by atoms with E-state index in [1.807, 2.05) is 35.0 Å². The lowest BCUT2D eigenvalue weighted by atomic mass is 10.2. The summed E-state index contributed by atoms with van der Waals surface area (Å²) in [4.78, 5) is 4.66. The predicted octanol–water partition coefficient (Wildman–Crippen LogP) is 4.83. The van der Waals surface area contributed by atoms with Crippen molar-refractivity contribution in [3.63, 3.8) is 0 Å². The van der Waals surface area contributed by atoms with Crippen molar-refractivity contribution in [3.8, 4) is 11.3 Å². The van der Waals surface area contributed by atoms with E-state index in [1.165, 1.54) is 5.56 Å². The molecule has 0 aliphatic carbocycles. The number of hydrogen-bond donors (Lipinski definition) is 0. The van der Waals surface area contributed by atoms with E-state index in [2.05, 4.69) is 55.9 Å². The third-order valence-electron chi connectivity index (χ3n) is 2.89. The molecule has 90 valence electrons. The summed E-state index contributed by atoms with van der Waals surface area (Å²) >= 11 is 7.10. The largest absolute Gasteiger partial charge is 0.305 e. The number of benzene rings is 1. The number of pyridine rings is 1. The molecular weight excluding hydrogens is 356 g/mol. The number of halogens is 2. The number of aryl methyl sites for hydroxylation is 1. The van der Waals surface area contributed by atoms with Gasteiger partial charge in [0.25, 0.3) is 0 Å². The van der Waals surface area contributed by atoms with Gasteiger partial charge in [0.1, 0.15) is 5.65 Å². The molecule has 0 radical (unpaired) electrons. The lowest BCUT2D eigenvalue weighted by molar-refractivity contribution is 1.16. The fraction of sp³-hybridized carbons (Fsp3) is 0.0714. The van der Waals surface area contributed by atoms with E-state index >= 15 is 0 Å². The molecule has 3 rings (SSSR count). The van der Waals surface area contributed by atoms with Crippen LogP contribution in [0.4, 0.5) is 0 Å². The van der Waals surface area contributed by atoms with Crippen molar-refractivity contribution in [1.82, 2.24) is 9.38 Å². The van der Waals surface area contributed by atoms with Crippen molar-refractivity contribution in [3.05, 3.63) is 57.2 Å². The summed E-state index contributed by atoms with van der Waals surface area (Å²) in [6.45, 7) is 2.07. The number of nitrogens with zero attached hydrogens (tertiary/aromatic N) is 2. The Hall–Kier alpha value is -1.13.